The highest BCUT2D eigenvalue weighted by atomic mass is 35.7. The molecule has 1 heterocycles. The Labute approximate surface area is 128 Å². The summed E-state index contributed by atoms with van der Waals surface area (Å²) in [5.74, 6) is 1.06. The Bertz CT molecular complexity index is 682. The van der Waals surface area contributed by atoms with Crippen LogP contribution in [0.25, 0.3) is 0 Å². The van der Waals surface area contributed by atoms with Crippen LogP contribution < -0.4 is 10.1 Å². The van der Waals surface area contributed by atoms with E-state index in [4.69, 9.17) is 15.4 Å². The molecule has 1 aromatic carbocycles. The Balaban J connectivity index is 1.68. The number of benzene rings is 1. The second kappa shape index (κ2) is 5.18. The Morgan fingerprint density at radius 3 is 2.71 bits per heavy atom. The van der Waals surface area contributed by atoms with Gasteiger partial charge in [0.1, 0.15) is 5.75 Å². The number of hydrogen-bond donors (Lipinski definition) is 1. The normalized spacial score (nSPS) is 27.4. The van der Waals surface area contributed by atoms with E-state index in [0.717, 1.165) is 12.8 Å². The number of carbonyl (C=O) groups excluding carboxylic acids is 1. The zero-order chi connectivity index (χ0) is 15.2. The first-order valence-electron chi connectivity index (χ1n) is 6.87. The molecule has 3 rings (SSSR count). The highest BCUT2D eigenvalue weighted by Gasteiger charge is 2.34. The second-order valence-electron chi connectivity index (χ2n) is 5.80. The van der Waals surface area contributed by atoms with Gasteiger partial charge >= 0.3 is 0 Å². The van der Waals surface area contributed by atoms with E-state index in [9.17, 15) is 13.2 Å². The third kappa shape index (κ3) is 3.01. The van der Waals surface area contributed by atoms with Gasteiger partial charge in [-0.25, -0.2) is 8.42 Å². The summed E-state index contributed by atoms with van der Waals surface area (Å²) >= 11 is 0. The molecule has 0 aromatic heterocycles. The first-order valence-corrected chi connectivity index (χ1v) is 9.18. The second-order valence-corrected chi connectivity index (χ2v) is 8.37. The molecule has 2 aliphatic rings. The molecule has 0 spiro atoms. The molecule has 1 amide bonds. The quantitative estimate of drug-likeness (QED) is 0.859. The lowest BCUT2D eigenvalue weighted by molar-refractivity contribution is -0.128. The van der Waals surface area contributed by atoms with E-state index in [1.807, 2.05) is 0 Å². The van der Waals surface area contributed by atoms with Gasteiger partial charge in [0.15, 0.2) is 6.10 Å². The summed E-state index contributed by atoms with van der Waals surface area (Å²) in [5, 5.41) is 2.96. The average molecular weight is 330 g/mol. The van der Waals surface area contributed by atoms with Gasteiger partial charge in [0.2, 0.25) is 0 Å². The Morgan fingerprint density at radius 2 is 2.10 bits per heavy atom. The number of halogens is 1. The van der Waals surface area contributed by atoms with Gasteiger partial charge in [-0.05, 0) is 42.5 Å². The van der Waals surface area contributed by atoms with Crippen LogP contribution in [0, 0.1) is 5.92 Å². The van der Waals surface area contributed by atoms with Crippen LogP contribution in [-0.4, -0.2) is 26.5 Å². The van der Waals surface area contributed by atoms with Crippen molar-refractivity contribution in [1.82, 2.24) is 5.32 Å². The number of rotatable bonds is 3. The molecule has 1 saturated carbocycles. The van der Waals surface area contributed by atoms with Crippen molar-refractivity contribution < 1.29 is 17.9 Å². The summed E-state index contributed by atoms with van der Waals surface area (Å²) in [6.07, 6.45) is 1.77. The maximum atomic E-state index is 12.1. The van der Waals surface area contributed by atoms with E-state index in [0.29, 0.717) is 23.7 Å². The predicted octanol–water partition coefficient (Wildman–Crippen LogP) is 1.83. The number of hydrogen-bond acceptors (Lipinski definition) is 4. The fraction of sp³-hybridized carbons (Fsp3) is 0.500. The molecule has 0 saturated heterocycles. The van der Waals surface area contributed by atoms with Crippen molar-refractivity contribution in [3.8, 4) is 5.75 Å². The largest absolute Gasteiger partial charge is 0.480 e. The molecule has 1 aliphatic heterocycles. The van der Waals surface area contributed by atoms with E-state index in [-0.39, 0.29) is 16.8 Å². The van der Waals surface area contributed by atoms with E-state index < -0.39 is 15.2 Å². The molecule has 0 bridgehead atoms. The zero-order valence-electron chi connectivity index (χ0n) is 11.5. The summed E-state index contributed by atoms with van der Waals surface area (Å²) in [7, 11) is 1.55. The Morgan fingerprint density at radius 1 is 1.38 bits per heavy atom. The van der Waals surface area contributed by atoms with Gasteiger partial charge in [0.25, 0.3) is 15.0 Å². The van der Waals surface area contributed by atoms with Crippen LogP contribution in [0.15, 0.2) is 23.1 Å². The lowest BCUT2D eigenvalue weighted by Crippen LogP contribution is -2.48. The summed E-state index contributed by atoms with van der Waals surface area (Å²) in [4.78, 5) is 12.2. The van der Waals surface area contributed by atoms with Crippen molar-refractivity contribution in [2.75, 3.05) is 0 Å². The van der Waals surface area contributed by atoms with Crippen LogP contribution in [0.4, 0.5) is 0 Å². The van der Waals surface area contributed by atoms with E-state index in [1.165, 1.54) is 12.1 Å². The molecule has 1 N–H and O–H groups in total. The van der Waals surface area contributed by atoms with Crippen LogP contribution in [0.1, 0.15) is 25.3 Å². The van der Waals surface area contributed by atoms with Crippen LogP contribution in [0.2, 0.25) is 0 Å². The Kier molecular flexibility index (Phi) is 3.61. The molecule has 1 atom stereocenters. The predicted molar refractivity (Wildman–Crippen MR) is 77.9 cm³/mol. The minimum absolute atomic E-state index is 0.0281. The van der Waals surface area contributed by atoms with Gasteiger partial charge in [-0.1, -0.05) is 6.92 Å². The van der Waals surface area contributed by atoms with Gasteiger partial charge in [-0.2, -0.15) is 0 Å². The lowest BCUT2D eigenvalue weighted by Gasteiger charge is -2.33. The van der Waals surface area contributed by atoms with Gasteiger partial charge in [0.05, 0.1) is 4.90 Å². The van der Waals surface area contributed by atoms with Crippen LogP contribution in [0.5, 0.6) is 5.75 Å². The van der Waals surface area contributed by atoms with Crippen LogP contribution in [-0.2, 0) is 20.3 Å². The lowest BCUT2D eigenvalue weighted by atomic mass is 9.82. The van der Waals surface area contributed by atoms with Crippen molar-refractivity contribution in [2.24, 2.45) is 5.92 Å². The molecular formula is C14H16ClNO4S. The highest BCUT2D eigenvalue weighted by Crippen LogP contribution is 2.32. The minimum Gasteiger partial charge on any atom is -0.480 e. The SMILES string of the molecule is CC1CC(NC(=O)C2Cc3cc(S(=O)(=O)Cl)ccc3O2)C1. The van der Waals surface area contributed by atoms with Crippen molar-refractivity contribution in [2.45, 2.75) is 43.2 Å². The van der Waals surface area contributed by atoms with Crippen LogP contribution in [0.3, 0.4) is 0 Å². The topological polar surface area (TPSA) is 72.5 Å². The van der Waals surface area contributed by atoms with E-state index in [2.05, 4.69) is 12.2 Å². The van der Waals surface area contributed by atoms with Gasteiger partial charge in [0, 0.05) is 23.1 Å². The molecule has 7 heteroatoms. The highest BCUT2D eigenvalue weighted by molar-refractivity contribution is 8.13. The van der Waals surface area contributed by atoms with Gasteiger partial charge in [-0.3, -0.25) is 4.79 Å². The number of ether oxygens (including phenoxy) is 1. The molecule has 5 nitrogen and oxygen atoms in total. The van der Waals surface area contributed by atoms with Crippen molar-refractivity contribution in [1.29, 1.82) is 0 Å². The number of carbonyl (C=O) groups is 1. The van der Waals surface area contributed by atoms with E-state index >= 15 is 0 Å². The van der Waals surface area contributed by atoms with E-state index in [1.54, 1.807) is 6.07 Å². The fourth-order valence-corrected chi connectivity index (χ4v) is 3.64. The molecule has 0 radical (unpaired) electrons. The summed E-state index contributed by atoms with van der Waals surface area (Å²) in [5.41, 5.74) is 0.693. The molecule has 114 valence electrons. The van der Waals surface area contributed by atoms with Gasteiger partial charge < -0.3 is 10.1 Å². The molecule has 1 aliphatic carbocycles. The summed E-state index contributed by atoms with van der Waals surface area (Å²) in [6.45, 7) is 2.15. The molecule has 1 unspecified atom stereocenters. The standard InChI is InChI=1S/C14H16ClNO4S/c1-8-4-10(5-8)16-14(17)13-7-9-6-11(21(15,18)19)2-3-12(9)20-13/h2-3,6,8,10,13H,4-5,7H2,1H3,(H,16,17). The van der Waals surface area contributed by atoms with Crippen LogP contribution >= 0.6 is 10.7 Å². The average Bonchev–Trinajstić information content (AvgIpc) is 2.78. The first-order chi connectivity index (χ1) is 9.83. The monoisotopic (exact) mass is 329 g/mol. The zero-order valence-corrected chi connectivity index (χ0v) is 13.1. The minimum atomic E-state index is -3.77. The molecule has 21 heavy (non-hydrogen) atoms. The molecule has 1 aromatic rings. The number of fused-ring (bicyclic) bond motifs is 1. The fourth-order valence-electron chi connectivity index (χ4n) is 2.84. The van der Waals surface area contributed by atoms with Crippen molar-refractivity contribution >= 4 is 25.6 Å². The summed E-state index contributed by atoms with van der Waals surface area (Å²) in [6, 6.07) is 4.63. The first kappa shape index (κ1) is 14.7. The molecular weight excluding hydrogens is 314 g/mol. The smallest absolute Gasteiger partial charge is 0.261 e. The number of nitrogens with one attached hydrogen (secondary N) is 1. The maximum Gasteiger partial charge on any atom is 0.261 e. The van der Waals surface area contributed by atoms with Gasteiger partial charge in [-0.15, -0.1) is 0 Å². The summed E-state index contributed by atoms with van der Waals surface area (Å²) < 4.78 is 28.2. The third-order valence-corrected chi connectivity index (χ3v) is 5.35. The van der Waals surface area contributed by atoms with Crippen molar-refractivity contribution in [3.63, 3.8) is 0 Å². The number of amides is 1. The van der Waals surface area contributed by atoms with Crippen molar-refractivity contribution in [3.05, 3.63) is 23.8 Å². The third-order valence-electron chi connectivity index (χ3n) is 4.00. The maximum absolute atomic E-state index is 12.1. The molecule has 1 fully saturated rings. The Hall–Kier alpha value is -1.27.